The number of amides is 2. The lowest BCUT2D eigenvalue weighted by Crippen LogP contribution is -2.42. The van der Waals surface area contributed by atoms with Crippen molar-refractivity contribution < 1.29 is 27.9 Å². The number of phenols is 1. The number of alkyl halides is 3. The Labute approximate surface area is 145 Å². The Morgan fingerprint density at radius 2 is 1.72 bits per heavy atom. The van der Waals surface area contributed by atoms with Crippen LogP contribution in [0.3, 0.4) is 0 Å². The van der Waals surface area contributed by atoms with Gasteiger partial charge in [-0.05, 0) is 53.7 Å². The van der Waals surface area contributed by atoms with E-state index in [4.69, 9.17) is 0 Å². The largest absolute Gasteiger partial charge is 0.508 e. The molecule has 3 N–H and O–H groups in total. The number of benzene rings is 2. The Hall–Kier alpha value is -2.68. The highest BCUT2D eigenvalue weighted by Gasteiger charge is 2.29. The van der Waals surface area contributed by atoms with Crippen LogP contribution < -0.4 is 10.9 Å². The number of phenolic OH excluding ortho intramolecular Hbond substituents is 1. The molecule has 132 valence electrons. The quantitative estimate of drug-likeness (QED) is 0.571. The summed E-state index contributed by atoms with van der Waals surface area (Å²) in [7, 11) is 0. The van der Waals surface area contributed by atoms with Crippen molar-refractivity contribution in [2.45, 2.75) is 16.8 Å². The Morgan fingerprint density at radius 1 is 1.04 bits per heavy atom. The van der Waals surface area contributed by atoms with E-state index >= 15 is 0 Å². The fourth-order valence-corrected chi connectivity index (χ4v) is 2.44. The molecule has 25 heavy (non-hydrogen) atoms. The van der Waals surface area contributed by atoms with Crippen LogP contribution in [0.5, 0.6) is 5.75 Å². The summed E-state index contributed by atoms with van der Waals surface area (Å²) in [5.41, 5.74) is 0.625. The monoisotopic (exact) mass is 370 g/mol. The van der Waals surface area contributed by atoms with Crippen LogP contribution in [0.1, 0.15) is 15.9 Å². The topological polar surface area (TPSA) is 78.4 Å². The number of hydrazine groups is 1. The van der Waals surface area contributed by atoms with Gasteiger partial charge in [0.15, 0.2) is 0 Å². The van der Waals surface area contributed by atoms with Crippen LogP contribution in [0.15, 0.2) is 53.4 Å². The smallest absolute Gasteiger partial charge is 0.446 e. The third-order valence-corrected chi connectivity index (χ3v) is 3.68. The van der Waals surface area contributed by atoms with Gasteiger partial charge in [0.05, 0.1) is 6.42 Å². The molecule has 2 aromatic rings. The number of thioether (sulfide) groups is 1. The summed E-state index contributed by atoms with van der Waals surface area (Å²) in [6.07, 6.45) is -0.0597. The predicted molar refractivity (Wildman–Crippen MR) is 85.8 cm³/mol. The number of aromatic hydroxyl groups is 1. The molecule has 0 saturated heterocycles. The number of hydrogen-bond acceptors (Lipinski definition) is 4. The Kier molecular flexibility index (Phi) is 5.92. The molecule has 9 heteroatoms. The van der Waals surface area contributed by atoms with Crippen molar-refractivity contribution in [2.75, 3.05) is 0 Å². The first-order valence-electron chi connectivity index (χ1n) is 6.96. The second-order valence-corrected chi connectivity index (χ2v) is 6.06. The summed E-state index contributed by atoms with van der Waals surface area (Å²) in [6.45, 7) is 0. The molecule has 0 aliphatic carbocycles. The van der Waals surface area contributed by atoms with E-state index in [0.717, 1.165) is 0 Å². The Balaban J connectivity index is 1.86. The number of nitrogens with one attached hydrogen (secondary N) is 2. The van der Waals surface area contributed by atoms with E-state index in [9.17, 15) is 27.9 Å². The molecule has 0 aliphatic heterocycles. The molecule has 0 radical (unpaired) electrons. The highest BCUT2D eigenvalue weighted by atomic mass is 32.2. The first-order valence-corrected chi connectivity index (χ1v) is 7.77. The number of halogens is 3. The zero-order chi connectivity index (χ0) is 18.4. The van der Waals surface area contributed by atoms with Gasteiger partial charge in [-0.15, -0.1) is 0 Å². The van der Waals surface area contributed by atoms with Gasteiger partial charge in [-0.2, -0.15) is 13.2 Å². The maximum atomic E-state index is 12.2. The number of carbonyl (C=O) groups excluding carboxylic acids is 2. The van der Waals surface area contributed by atoms with Gasteiger partial charge < -0.3 is 5.11 Å². The third kappa shape index (κ3) is 6.38. The lowest BCUT2D eigenvalue weighted by atomic mass is 10.1. The third-order valence-electron chi connectivity index (χ3n) is 2.94. The molecule has 2 rings (SSSR count). The van der Waals surface area contributed by atoms with Crippen molar-refractivity contribution >= 4 is 23.6 Å². The van der Waals surface area contributed by atoms with Gasteiger partial charge in [-0.25, -0.2) is 0 Å². The van der Waals surface area contributed by atoms with Crippen LogP contribution in [0.25, 0.3) is 0 Å². The van der Waals surface area contributed by atoms with E-state index in [1.54, 1.807) is 12.1 Å². The fraction of sp³-hybridized carbons (Fsp3) is 0.125. The van der Waals surface area contributed by atoms with Crippen molar-refractivity contribution in [2.24, 2.45) is 0 Å². The molecule has 0 spiro atoms. The van der Waals surface area contributed by atoms with Crippen LogP contribution in [-0.2, 0) is 11.2 Å². The first-order chi connectivity index (χ1) is 11.7. The summed E-state index contributed by atoms with van der Waals surface area (Å²) < 4.78 is 36.7. The zero-order valence-corrected chi connectivity index (χ0v) is 13.4. The van der Waals surface area contributed by atoms with Crippen molar-refractivity contribution in [3.63, 3.8) is 0 Å². The SMILES string of the molecule is O=C(Cc1cccc(O)c1)NNC(=O)c1ccc(SC(F)(F)F)cc1. The van der Waals surface area contributed by atoms with Crippen LogP contribution in [0, 0.1) is 0 Å². The maximum absolute atomic E-state index is 12.2. The minimum Gasteiger partial charge on any atom is -0.508 e. The molecular formula is C16H13F3N2O3S. The van der Waals surface area contributed by atoms with Crippen molar-refractivity contribution in [3.8, 4) is 5.75 Å². The average molecular weight is 370 g/mol. The highest BCUT2D eigenvalue weighted by molar-refractivity contribution is 8.00. The molecule has 0 aliphatic rings. The Bertz CT molecular complexity index is 764. The molecule has 5 nitrogen and oxygen atoms in total. The van der Waals surface area contributed by atoms with E-state index in [2.05, 4.69) is 10.9 Å². The summed E-state index contributed by atoms with van der Waals surface area (Å²) in [4.78, 5) is 23.5. The second-order valence-electron chi connectivity index (χ2n) is 4.92. The molecule has 0 heterocycles. The van der Waals surface area contributed by atoms with Crippen LogP contribution >= 0.6 is 11.8 Å². The number of hydrogen-bond donors (Lipinski definition) is 3. The molecular weight excluding hydrogens is 357 g/mol. The van der Waals surface area contributed by atoms with Crippen molar-refractivity contribution in [3.05, 3.63) is 59.7 Å². The average Bonchev–Trinajstić information content (AvgIpc) is 2.52. The van der Waals surface area contributed by atoms with Crippen LogP contribution in [0.4, 0.5) is 13.2 Å². The summed E-state index contributed by atoms with van der Waals surface area (Å²) in [5.74, 6) is -1.15. The van der Waals surface area contributed by atoms with Crippen LogP contribution in [0.2, 0.25) is 0 Å². The Morgan fingerprint density at radius 3 is 2.32 bits per heavy atom. The van der Waals surface area contributed by atoms with E-state index in [-0.39, 0.29) is 34.4 Å². The minimum atomic E-state index is -4.40. The molecule has 0 fully saturated rings. The van der Waals surface area contributed by atoms with Gasteiger partial charge >= 0.3 is 5.51 Å². The predicted octanol–water partition coefficient (Wildman–Crippen LogP) is 3.01. The molecule has 0 unspecified atom stereocenters. The lowest BCUT2D eigenvalue weighted by molar-refractivity contribution is -0.121. The molecule has 0 aromatic heterocycles. The molecule has 0 saturated carbocycles. The molecule has 2 amide bonds. The highest BCUT2D eigenvalue weighted by Crippen LogP contribution is 2.36. The lowest BCUT2D eigenvalue weighted by Gasteiger charge is -2.09. The normalized spacial score (nSPS) is 11.0. The van der Waals surface area contributed by atoms with Crippen LogP contribution in [-0.4, -0.2) is 22.4 Å². The minimum absolute atomic E-state index is 0.0196. The van der Waals surface area contributed by atoms with Gasteiger partial charge in [0.2, 0.25) is 5.91 Å². The van der Waals surface area contributed by atoms with Gasteiger partial charge in [-0.3, -0.25) is 20.4 Å². The van der Waals surface area contributed by atoms with Gasteiger partial charge in [0, 0.05) is 10.5 Å². The first kappa shape index (κ1) is 18.7. The van der Waals surface area contributed by atoms with Crippen molar-refractivity contribution in [1.29, 1.82) is 0 Å². The van der Waals surface area contributed by atoms with Gasteiger partial charge in [0.25, 0.3) is 5.91 Å². The van der Waals surface area contributed by atoms with E-state index < -0.39 is 17.3 Å². The summed E-state index contributed by atoms with van der Waals surface area (Å²) >= 11 is -0.280. The summed E-state index contributed by atoms with van der Waals surface area (Å²) in [5, 5.41) is 9.31. The van der Waals surface area contributed by atoms with Crippen molar-refractivity contribution in [1.82, 2.24) is 10.9 Å². The molecule has 2 aromatic carbocycles. The van der Waals surface area contributed by atoms with Gasteiger partial charge in [0.1, 0.15) is 5.75 Å². The van der Waals surface area contributed by atoms with E-state index in [1.165, 1.54) is 36.4 Å². The second kappa shape index (κ2) is 7.93. The molecule has 0 bridgehead atoms. The molecule has 0 atom stereocenters. The number of rotatable bonds is 4. The van der Waals surface area contributed by atoms with Gasteiger partial charge in [-0.1, -0.05) is 12.1 Å². The zero-order valence-electron chi connectivity index (χ0n) is 12.6. The fourth-order valence-electron chi connectivity index (χ4n) is 1.90. The summed E-state index contributed by atoms with van der Waals surface area (Å²) in [6, 6.07) is 10.9. The number of carbonyl (C=O) groups is 2. The maximum Gasteiger partial charge on any atom is 0.446 e. The van der Waals surface area contributed by atoms with E-state index in [1.807, 2.05) is 0 Å². The standard InChI is InChI=1S/C16H13F3N2O3S/c17-16(18,19)25-13-6-4-11(5-7-13)15(24)21-20-14(23)9-10-2-1-3-12(22)8-10/h1-8,22H,9H2,(H,20,23)(H,21,24). The van der Waals surface area contributed by atoms with E-state index in [0.29, 0.717) is 5.56 Å².